The number of aliphatic hydroxyl groups is 1. The van der Waals surface area contributed by atoms with E-state index in [4.69, 9.17) is 6.42 Å². The summed E-state index contributed by atoms with van der Waals surface area (Å²) in [7, 11) is 0. The van der Waals surface area contributed by atoms with E-state index >= 15 is 0 Å². The molecule has 0 radical (unpaired) electrons. The molecule has 90 valence electrons. The minimum Gasteiger partial charge on any atom is -0.377 e. The van der Waals surface area contributed by atoms with Crippen LogP contribution in [0.2, 0.25) is 0 Å². The van der Waals surface area contributed by atoms with Crippen molar-refractivity contribution in [2.45, 2.75) is 25.5 Å². The van der Waals surface area contributed by atoms with Gasteiger partial charge in [0, 0.05) is 32.0 Å². The number of hydrogen-bond donors (Lipinski definition) is 1. The van der Waals surface area contributed by atoms with Crippen molar-refractivity contribution < 1.29 is 5.11 Å². The van der Waals surface area contributed by atoms with Crippen LogP contribution in [0, 0.1) is 18.3 Å². The Hall–Kier alpha value is -1.30. The van der Waals surface area contributed by atoms with Crippen LogP contribution >= 0.6 is 0 Å². The molecule has 1 fully saturated rings. The molecule has 2 unspecified atom stereocenters. The molecule has 2 nitrogen and oxygen atoms in total. The van der Waals surface area contributed by atoms with Crippen LogP contribution in [0.3, 0.4) is 0 Å². The highest BCUT2D eigenvalue weighted by Crippen LogP contribution is 2.27. The normalized spacial score (nSPS) is 29.8. The third-order valence-electron chi connectivity index (χ3n) is 3.66. The largest absolute Gasteiger partial charge is 0.377 e. The predicted molar refractivity (Wildman–Crippen MR) is 69.3 cm³/mol. The van der Waals surface area contributed by atoms with E-state index < -0.39 is 5.60 Å². The summed E-state index contributed by atoms with van der Waals surface area (Å²) in [6.45, 7) is 4.68. The predicted octanol–water partition coefficient (Wildman–Crippen LogP) is 1.89. The molecule has 17 heavy (non-hydrogen) atoms. The second-order valence-corrected chi connectivity index (χ2v) is 4.94. The van der Waals surface area contributed by atoms with Gasteiger partial charge in [0.15, 0.2) is 0 Å². The lowest BCUT2D eigenvalue weighted by Gasteiger charge is -2.40. The number of rotatable bonds is 2. The molecule has 1 N–H and O–H groups in total. The highest BCUT2D eigenvalue weighted by Gasteiger charge is 2.36. The van der Waals surface area contributed by atoms with Gasteiger partial charge < -0.3 is 5.11 Å². The van der Waals surface area contributed by atoms with Gasteiger partial charge in [-0.05, 0) is 5.56 Å². The minimum atomic E-state index is -0.910. The van der Waals surface area contributed by atoms with Crippen LogP contribution in [0.1, 0.15) is 18.9 Å². The van der Waals surface area contributed by atoms with Crippen molar-refractivity contribution in [1.82, 2.24) is 4.90 Å². The van der Waals surface area contributed by atoms with Crippen LogP contribution in [0.4, 0.5) is 0 Å². The zero-order valence-electron chi connectivity index (χ0n) is 10.3. The molecule has 1 aromatic rings. The lowest BCUT2D eigenvalue weighted by molar-refractivity contribution is -0.0216. The molecular weight excluding hydrogens is 210 g/mol. The SMILES string of the molecule is C#CC1(O)CCN(Cc2ccccc2)CC1C. The third-order valence-corrected chi connectivity index (χ3v) is 3.66. The Balaban J connectivity index is 1.97. The van der Waals surface area contributed by atoms with Crippen molar-refractivity contribution in [1.29, 1.82) is 0 Å². The van der Waals surface area contributed by atoms with Gasteiger partial charge in [-0.15, -0.1) is 6.42 Å². The van der Waals surface area contributed by atoms with Gasteiger partial charge >= 0.3 is 0 Å². The van der Waals surface area contributed by atoms with Gasteiger partial charge in [0.05, 0.1) is 0 Å². The van der Waals surface area contributed by atoms with Crippen LogP contribution in [0.15, 0.2) is 30.3 Å². The average molecular weight is 229 g/mol. The average Bonchev–Trinajstić information content (AvgIpc) is 2.35. The molecule has 0 amide bonds. The molecule has 1 heterocycles. The quantitative estimate of drug-likeness (QED) is 0.783. The van der Waals surface area contributed by atoms with E-state index in [-0.39, 0.29) is 5.92 Å². The standard InChI is InChI=1S/C15H19NO/c1-3-15(17)9-10-16(11-13(15)2)12-14-7-5-4-6-8-14/h1,4-8,13,17H,9-12H2,2H3. The molecule has 0 spiro atoms. The zero-order chi connectivity index (χ0) is 12.3. The summed E-state index contributed by atoms with van der Waals surface area (Å²) in [6.07, 6.45) is 6.07. The van der Waals surface area contributed by atoms with Crippen molar-refractivity contribution in [2.24, 2.45) is 5.92 Å². The lowest BCUT2D eigenvalue weighted by atomic mass is 9.83. The van der Waals surface area contributed by atoms with Crippen molar-refractivity contribution in [3.63, 3.8) is 0 Å². The number of terminal acetylenes is 1. The van der Waals surface area contributed by atoms with E-state index in [0.29, 0.717) is 6.42 Å². The van der Waals surface area contributed by atoms with E-state index in [9.17, 15) is 5.11 Å². The fraction of sp³-hybridized carbons (Fsp3) is 0.467. The number of nitrogens with zero attached hydrogens (tertiary/aromatic N) is 1. The van der Waals surface area contributed by atoms with Crippen molar-refractivity contribution in [3.8, 4) is 12.3 Å². The van der Waals surface area contributed by atoms with Gasteiger partial charge in [-0.1, -0.05) is 43.2 Å². The fourth-order valence-electron chi connectivity index (χ4n) is 2.40. The summed E-state index contributed by atoms with van der Waals surface area (Å²) in [5.41, 5.74) is 0.401. The molecule has 2 atom stereocenters. The number of piperidine rings is 1. The van der Waals surface area contributed by atoms with E-state index in [1.807, 2.05) is 13.0 Å². The first-order chi connectivity index (χ1) is 8.14. The second kappa shape index (κ2) is 4.91. The monoisotopic (exact) mass is 229 g/mol. The minimum absolute atomic E-state index is 0.130. The van der Waals surface area contributed by atoms with Crippen molar-refractivity contribution in [3.05, 3.63) is 35.9 Å². The topological polar surface area (TPSA) is 23.5 Å². The summed E-state index contributed by atoms with van der Waals surface area (Å²) in [5.74, 6) is 2.67. The lowest BCUT2D eigenvalue weighted by Crippen LogP contribution is -2.49. The fourth-order valence-corrected chi connectivity index (χ4v) is 2.40. The van der Waals surface area contributed by atoms with Gasteiger partial charge in [0.1, 0.15) is 5.60 Å². The van der Waals surface area contributed by atoms with E-state index in [1.165, 1.54) is 5.56 Å². The number of benzene rings is 1. The third kappa shape index (κ3) is 2.69. The van der Waals surface area contributed by atoms with E-state index in [2.05, 4.69) is 35.1 Å². The van der Waals surface area contributed by atoms with Gasteiger partial charge in [-0.25, -0.2) is 0 Å². The maximum atomic E-state index is 10.2. The highest BCUT2D eigenvalue weighted by molar-refractivity contribution is 5.16. The van der Waals surface area contributed by atoms with Gasteiger partial charge in [-0.3, -0.25) is 4.90 Å². The van der Waals surface area contributed by atoms with Crippen LogP contribution < -0.4 is 0 Å². The van der Waals surface area contributed by atoms with E-state index in [0.717, 1.165) is 19.6 Å². The van der Waals surface area contributed by atoms with E-state index in [1.54, 1.807) is 0 Å². The molecule has 1 saturated heterocycles. The Morgan fingerprint density at radius 2 is 2.18 bits per heavy atom. The maximum absolute atomic E-state index is 10.2. The van der Waals surface area contributed by atoms with Crippen LogP contribution in [0.5, 0.6) is 0 Å². The Morgan fingerprint density at radius 3 is 2.76 bits per heavy atom. The number of likely N-dealkylation sites (tertiary alicyclic amines) is 1. The Bertz CT molecular complexity index is 409. The summed E-state index contributed by atoms with van der Waals surface area (Å²) in [6, 6.07) is 10.4. The molecule has 1 aliphatic heterocycles. The molecule has 0 bridgehead atoms. The molecule has 1 aliphatic rings. The first kappa shape index (κ1) is 12.2. The van der Waals surface area contributed by atoms with Gasteiger partial charge in [-0.2, -0.15) is 0 Å². The zero-order valence-corrected chi connectivity index (χ0v) is 10.3. The summed E-state index contributed by atoms with van der Waals surface area (Å²) in [4.78, 5) is 2.35. The molecule has 0 aliphatic carbocycles. The second-order valence-electron chi connectivity index (χ2n) is 4.94. The van der Waals surface area contributed by atoms with Crippen LogP contribution in [-0.4, -0.2) is 28.7 Å². The molecule has 0 aromatic heterocycles. The first-order valence-electron chi connectivity index (χ1n) is 6.10. The Labute approximate surface area is 103 Å². The van der Waals surface area contributed by atoms with Crippen molar-refractivity contribution in [2.75, 3.05) is 13.1 Å². The molecule has 2 heteroatoms. The smallest absolute Gasteiger partial charge is 0.130 e. The van der Waals surface area contributed by atoms with Gasteiger partial charge in [0.25, 0.3) is 0 Å². The number of hydrogen-bond acceptors (Lipinski definition) is 2. The van der Waals surface area contributed by atoms with Crippen LogP contribution in [-0.2, 0) is 6.54 Å². The Kier molecular flexibility index (Phi) is 3.51. The summed E-state index contributed by atoms with van der Waals surface area (Å²) >= 11 is 0. The molecular formula is C15H19NO. The molecule has 2 rings (SSSR count). The summed E-state index contributed by atoms with van der Waals surface area (Å²) < 4.78 is 0. The Morgan fingerprint density at radius 1 is 1.47 bits per heavy atom. The summed E-state index contributed by atoms with van der Waals surface area (Å²) in [5, 5.41) is 10.2. The molecule has 1 aromatic carbocycles. The van der Waals surface area contributed by atoms with Crippen molar-refractivity contribution >= 4 is 0 Å². The first-order valence-corrected chi connectivity index (χ1v) is 6.10. The van der Waals surface area contributed by atoms with Gasteiger partial charge in [0.2, 0.25) is 0 Å². The van der Waals surface area contributed by atoms with Crippen LogP contribution in [0.25, 0.3) is 0 Å². The molecule has 0 saturated carbocycles. The maximum Gasteiger partial charge on any atom is 0.130 e. The highest BCUT2D eigenvalue weighted by atomic mass is 16.3.